The Balaban J connectivity index is 1.90. The summed E-state index contributed by atoms with van der Waals surface area (Å²) in [6, 6.07) is 2.44. The van der Waals surface area contributed by atoms with Crippen molar-refractivity contribution in [1.82, 2.24) is 15.6 Å². The third-order valence-electron chi connectivity index (χ3n) is 3.74. The first-order valence-corrected chi connectivity index (χ1v) is 7.82. The van der Waals surface area contributed by atoms with Crippen LogP contribution >= 0.6 is 0 Å². The van der Waals surface area contributed by atoms with Crippen molar-refractivity contribution in [3.8, 4) is 5.75 Å². The van der Waals surface area contributed by atoms with Crippen molar-refractivity contribution in [2.24, 2.45) is 0 Å². The first kappa shape index (κ1) is 19.3. The zero-order valence-corrected chi connectivity index (χ0v) is 14.7. The summed E-state index contributed by atoms with van der Waals surface area (Å²) in [5.74, 6) is -2.24. The summed E-state index contributed by atoms with van der Waals surface area (Å²) in [4.78, 5) is 28.0. The minimum atomic E-state index is -0.866. The van der Waals surface area contributed by atoms with Crippen LogP contribution in [0.4, 0.5) is 8.78 Å². The lowest BCUT2D eigenvalue weighted by Gasteiger charge is -2.13. The van der Waals surface area contributed by atoms with Crippen LogP contribution in [0.3, 0.4) is 0 Å². The standard InChI is InChI=1S/C18H19F2N3O3/c1-10-7-21-15(11(2)17(10)26-3)8-22-16(24)9-23-18(25)12-4-13(19)6-14(20)5-12/h4-7H,8-9H2,1-3H3,(H,22,24)(H,23,25). The molecule has 0 saturated heterocycles. The highest BCUT2D eigenvalue weighted by Gasteiger charge is 2.13. The number of pyridine rings is 1. The molecule has 1 aromatic carbocycles. The molecule has 1 heterocycles. The lowest BCUT2D eigenvalue weighted by atomic mass is 10.1. The highest BCUT2D eigenvalue weighted by atomic mass is 19.1. The Morgan fingerprint density at radius 1 is 1.12 bits per heavy atom. The molecule has 0 radical (unpaired) electrons. The van der Waals surface area contributed by atoms with Crippen LogP contribution in [0.25, 0.3) is 0 Å². The van der Waals surface area contributed by atoms with E-state index >= 15 is 0 Å². The molecule has 2 rings (SSSR count). The van der Waals surface area contributed by atoms with E-state index in [-0.39, 0.29) is 18.7 Å². The molecule has 1 aromatic heterocycles. The van der Waals surface area contributed by atoms with Gasteiger partial charge in [-0.2, -0.15) is 0 Å². The highest BCUT2D eigenvalue weighted by Crippen LogP contribution is 2.23. The molecule has 0 aliphatic rings. The molecule has 26 heavy (non-hydrogen) atoms. The van der Waals surface area contributed by atoms with E-state index in [1.54, 1.807) is 13.3 Å². The maximum atomic E-state index is 13.1. The number of carbonyl (C=O) groups excluding carboxylic acids is 2. The van der Waals surface area contributed by atoms with Crippen molar-refractivity contribution in [1.29, 1.82) is 0 Å². The lowest BCUT2D eigenvalue weighted by Crippen LogP contribution is -2.37. The predicted octanol–water partition coefficient (Wildman–Crippen LogP) is 2.03. The lowest BCUT2D eigenvalue weighted by molar-refractivity contribution is -0.120. The number of nitrogens with zero attached hydrogens (tertiary/aromatic N) is 1. The van der Waals surface area contributed by atoms with Crippen LogP contribution in [0.1, 0.15) is 27.2 Å². The highest BCUT2D eigenvalue weighted by molar-refractivity contribution is 5.96. The minimum Gasteiger partial charge on any atom is -0.496 e. The van der Waals surface area contributed by atoms with E-state index in [2.05, 4.69) is 15.6 Å². The van der Waals surface area contributed by atoms with Gasteiger partial charge in [0, 0.05) is 29.0 Å². The number of hydrogen-bond donors (Lipinski definition) is 2. The number of hydrogen-bond acceptors (Lipinski definition) is 4. The van der Waals surface area contributed by atoms with Crippen LogP contribution in [0.5, 0.6) is 5.75 Å². The zero-order chi connectivity index (χ0) is 19.3. The van der Waals surface area contributed by atoms with Gasteiger partial charge in [-0.25, -0.2) is 8.78 Å². The van der Waals surface area contributed by atoms with Gasteiger partial charge in [0.1, 0.15) is 17.4 Å². The van der Waals surface area contributed by atoms with Crippen molar-refractivity contribution in [2.75, 3.05) is 13.7 Å². The number of methoxy groups -OCH3 is 1. The number of halogens is 2. The average Bonchev–Trinajstić information content (AvgIpc) is 2.58. The van der Waals surface area contributed by atoms with E-state index in [0.29, 0.717) is 17.5 Å². The summed E-state index contributed by atoms with van der Waals surface area (Å²) in [5.41, 5.74) is 2.14. The molecule has 0 fully saturated rings. The number of aromatic nitrogens is 1. The molecule has 0 aliphatic heterocycles. The van der Waals surface area contributed by atoms with Crippen LogP contribution in [0.2, 0.25) is 0 Å². The first-order valence-electron chi connectivity index (χ1n) is 7.82. The molecule has 138 valence electrons. The minimum absolute atomic E-state index is 0.159. The number of rotatable bonds is 6. The van der Waals surface area contributed by atoms with E-state index in [9.17, 15) is 18.4 Å². The molecule has 6 nitrogen and oxygen atoms in total. The second-order valence-electron chi connectivity index (χ2n) is 5.66. The summed E-state index contributed by atoms with van der Waals surface area (Å²) in [6.07, 6.45) is 1.65. The van der Waals surface area contributed by atoms with Crippen molar-refractivity contribution < 1.29 is 23.1 Å². The molecular formula is C18H19F2N3O3. The summed E-state index contributed by atoms with van der Waals surface area (Å²) in [6.45, 7) is 3.53. The number of benzene rings is 1. The Morgan fingerprint density at radius 2 is 1.77 bits per heavy atom. The zero-order valence-electron chi connectivity index (χ0n) is 14.7. The molecule has 0 atom stereocenters. The summed E-state index contributed by atoms with van der Waals surface area (Å²) in [5, 5.41) is 4.93. The Hall–Kier alpha value is -3.03. The number of carbonyl (C=O) groups is 2. The monoisotopic (exact) mass is 363 g/mol. The molecule has 2 N–H and O–H groups in total. The van der Waals surface area contributed by atoms with Crippen molar-refractivity contribution in [3.63, 3.8) is 0 Å². The topological polar surface area (TPSA) is 80.3 Å². The normalized spacial score (nSPS) is 10.3. The van der Waals surface area contributed by atoms with Gasteiger partial charge in [0.05, 0.1) is 25.9 Å². The molecule has 0 saturated carbocycles. The number of nitrogens with one attached hydrogen (secondary N) is 2. The third kappa shape index (κ3) is 4.75. The van der Waals surface area contributed by atoms with Crippen LogP contribution in [0, 0.1) is 25.5 Å². The fraction of sp³-hybridized carbons (Fsp3) is 0.278. The Labute approximate surface area is 149 Å². The Morgan fingerprint density at radius 3 is 2.38 bits per heavy atom. The van der Waals surface area contributed by atoms with Gasteiger partial charge < -0.3 is 15.4 Å². The third-order valence-corrected chi connectivity index (χ3v) is 3.74. The van der Waals surface area contributed by atoms with Crippen molar-refractivity contribution in [2.45, 2.75) is 20.4 Å². The Bertz CT molecular complexity index is 820. The second-order valence-corrected chi connectivity index (χ2v) is 5.66. The van der Waals surface area contributed by atoms with Crippen molar-refractivity contribution >= 4 is 11.8 Å². The van der Waals surface area contributed by atoms with Gasteiger partial charge in [-0.15, -0.1) is 0 Å². The fourth-order valence-electron chi connectivity index (χ4n) is 2.44. The first-order chi connectivity index (χ1) is 12.3. The van der Waals surface area contributed by atoms with Crippen molar-refractivity contribution in [3.05, 3.63) is 58.4 Å². The SMILES string of the molecule is COc1c(C)cnc(CNC(=O)CNC(=O)c2cc(F)cc(F)c2)c1C. The number of amides is 2. The Kier molecular flexibility index (Phi) is 6.21. The maximum absolute atomic E-state index is 13.1. The molecule has 2 amide bonds. The fourth-order valence-corrected chi connectivity index (χ4v) is 2.44. The van der Waals surface area contributed by atoms with Gasteiger partial charge in [-0.1, -0.05) is 0 Å². The predicted molar refractivity (Wildman–Crippen MR) is 90.8 cm³/mol. The summed E-state index contributed by atoms with van der Waals surface area (Å²) >= 11 is 0. The molecule has 2 aromatic rings. The molecule has 0 unspecified atom stereocenters. The molecular weight excluding hydrogens is 344 g/mol. The van der Waals surface area contributed by atoms with Gasteiger partial charge in [0.2, 0.25) is 5.91 Å². The molecule has 0 bridgehead atoms. The quantitative estimate of drug-likeness (QED) is 0.823. The van der Waals surface area contributed by atoms with Gasteiger partial charge in [0.15, 0.2) is 0 Å². The van der Waals surface area contributed by atoms with E-state index < -0.39 is 23.4 Å². The van der Waals surface area contributed by atoms with E-state index in [0.717, 1.165) is 23.3 Å². The van der Waals surface area contributed by atoms with Gasteiger partial charge in [-0.05, 0) is 26.0 Å². The van der Waals surface area contributed by atoms with Crippen LogP contribution in [0.15, 0.2) is 24.4 Å². The van der Waals surface area contributed by atoms with E-state index in [1.165, 1.54) is 0 Å². The van der Waals surface area contributed by atoms with E-state index in [1.807, 2.05) is 13.8 Å². The second kappa shape index (κ2) is 8.37. The number of ether oxygens (including phenoxy) is 1. The molecule has 0 aliphatic carbocycles. The van der Waals surface area contributed by atoms with Crippen LogP contribution < -0.4 is 15.4 Å². The smallest absolute Gasteiger partial charge is 0.251 e. The molecule has 0 spiro atoms. The largest absolute Gasteiger partial charge is 0.496 e. The van der Waals surface area contributed by atoms with Crippen LogP contribution in [-0.2, 0) is 11.3 Å². The van der Waals surface area contributed by atoms with Gasteiger partial charge in [-0.3, -0.25) is 14.6 Å². The average molecular weight is 363 g/mol. The molecule has 8 heteroatoms. The van der Waals surface area contributed by atoms with Gasteiger partial charge in [0.25, 0.3) is 5.91 Å². The van der Waals surface area contributed by atoms with Gasteiger partial charge >= 0.3 is 0 Å². The summed E-state index contributed by atoms with van der Waals surface area (Å²) < 4.78 is 31.5. The van der Waals surface area contributed by atoms with Crippen LogP contribution in [-0.4, -0.2) is 30.5 Å². The summed E-state index contributed by atoms with van der Waals surface area (Å²) in [7, 11) is 1.56. The maximum Gasteiger partial charge on any atom is 0.251 e. The number of aryl methyl sites for hydroxylation is 1. The van der Waals surface area contributed by atoms with E-state index in [4.69, 9.17) is 4.74 Å².